The van der Waals surface area contributed by atoms with E-state index < -0.39 is 5.97 Å². The number of carbonyl (C=O) groups excluding carboxylic acids is 2. The number of nitrogens with zero attached hydrogens (tertiary/aromatic N) is 1. The van der Waals surface area contributed by atoms with Crippen LogP contribution in [0.1, 0.15) is 23.2 Å². The standard InChI is InChI=1S/C13H14ClNO3/c1-18-13(17)9-4-5-11(14)12(7-9)15-6-2-3-10(16)8-15/h4-5,7H,2-3,6,8H2,1H3. The first-order valence-electron chi connectivity index (χ1n) is 5.76. The number of hydrogen-bond acceptors (Lipinski definition) is 4. The fourth-order valence-electron chi connectivity index (χ4n) is 2.04. The third-order valence-electron chi connectivity index (χ3n) is 2.96. The predicted octanol–water partition coefficient (Wildman–Crippen LogP) is 2.30. The highest BCUT2D eigenvalue weighted by Crippen LogP contribution is 2.29. The summed E-state index contributed by atoms with van der Waals surface area (Å²) < 4.78 is 4.67. The molecular weight excluding hydrogens is 254 g/mol. The highest BCUT2D eigenvalue weighted by Gasteiger charge is 2.20. The number of carbonyl (C=O) groups is 2. The van der Waals surface area contributed by atoms with E-state index in [-0.39, 0.29) is 5.78 Å². The van der Waals surface area contributed by atoms with Crippen LogP contribution in [0.15, 0.2) is 18.2 Å². The third-order valence-corrected chi connectivity index (χ3v) is 3.28. The van der Waals surface area contributed by atoms with Gasteiger partial charge in [-0.25, -0.2) is 4.79 Å². The van der Waals surface area contributed by atoms with Crippen LogP contribution >= 0.6 is 11.6 Å². The lowest BCUT2D eigenvalue weighted by Crippen LogP contribution is -2.35. The van der Waals surface area contributed by atoms with Crippen LogP contribution in [-0.4, -0.2) is 32.0 Å². The second-order valence-corrected chi connectivity index (χ2v) is 4.63. The molecule has 0 bridgehead atoms. The molecule has 4 nitrogen and oxygen atoms in total. The summed E-state index contributed by atoms with van der Waals surface area (Å²) in [5.74, 6) is -0.211. The van der Waals surface area contributed by atoms with Crippen LogP contribution in [0.5, 0.6) is 0 Å². The van der Waals surface area contributed by atoms with Crippen molar-refractivity contribution in [3.05, 3.63) is 28.8 Å². The maximum atomic E-state index is 11.5. The van der Waals surface area contributed by atoms with Crippen molar-refractivity contribution >= 4 is 29.0 Å². The molecule has 1 aliphatic rings. The Morgan fingerprint density at radius 2 is 2.22 bits per heavy atom. The summed E-state index contributed by atoms with van der Waals surface area (Å²) in [6, 6.07) is 4.94. The topological polar surface area (TPSA) is 46.6 Å². The van der Waals surface area contributed by atoms with Crippen molar-refractivity contribution < 1.29 is 14.3 Å². The van der Waals surface area contributed by atoms with E-state index in [9.17, 15) is 9.59 Å². The average molecular weight is 268 g/mol. The van der Waals surface area contributed by atoms with Gasteiger partial charge in [-0.3, -0.25) is 4.79 Å². The molecule has 0 radical (unpaired) electrons. The maximum absolute atomic E-state index is 11.5. The number of anilines is 1. The van der Waals surface area contributed by atoms with E-state index in [0.717, 1.165) is 13.0 Å². The summed E-state index contributed by atoms with van der Waals surface area (Å²) in [5.41, 5.74) is 1.16. The van der Waals surface area contributed by atoms with Gasteiger partial charge in [0.15, 0.2) is 5.78 Å². The highest BCUT2D eigenvalue weighted by atomic mass is 35.5. The predicted molar refractivity (Wildman–Crippen MR) is 69.2 cm³/mol. The van der Waals surface area contributed by atoms with E-state index in [4.69, 9.17) is 11.6 Å². The Kier molecular flexibility index (Phi) is 3.87. The average Bonchev–Trinajstić information content (AvgIpc) is 2.38. The summed E-state index contributed by atoms with van der Waals surface area (Å²) >= 11 is 6.12. The number of Topliss-reactive ketones (excluding diaryl/α,β-unsaturated/α-hetero) is 1. The largest absolute Gasteiger partial charge is 0.465 e. The molecule has 18 heavy (non-hydrogen) atoms. The fraction of sp³-hybridized carbons (Fsp3) is 0.385. The third kappa shape index (κ3) is 2.64. The minimum atomic E-state index is -0.406. The van der Waals surface area contributed by atoms with E-state index >= 15 is 0 Å². The van der Waals surface area contributed by atoms with E-state index in [0.29, 0.717) is 29.2 Å². The van der Waals surface area contributed by atoms with Crippen molar-refractivity contribution in [2.24, 2.45) is 0 Å². The number of ether oxygens (including phenoxy) is 1. The van der Waals surface area contributed by atoms with Gasteiger partial charge in [0, 0.05) is 13.0 Å². The lowest BCUT2D eigenvalue weighted by Gasteiger charge is -2.28. The molecule has 1 aliphatic heterocycles. The number of piperidine rings is 1. The quantitative estimate of drug-likeness (QED) is 0.772. The Morgan fingerprint density at radius 3 is 2.89 bits per heavy atom. The molecule has 0 N–H and O–H groups in total. The van der Waals surface area contributed by atoms with Gasteiger partial charge in [-0.05, 0) is 24.6 Å². The highest BCUT2D eigenvalue weighted by molar-refractivity contribution is 6.33. The molecular formula is C13H14ClNO3. The van der Waals surface area contributed by atoms with Crippen LogP contribution in [0, 0.1) is 0 Å². The Hall–Kier alpha value is -1.55. The van der Waals surface area contributed by atoms with Crippen LogP contribution in [0.2, 0.25) is 5.02 Å². The van der Waals surface area contributed by atoms with E-state index in [1.807, 2.05) is 4.90 Å². The zero-order valence-electron chi connectivity index (χ0n) is 10.1. The monoisotopic (exact) mass is 267 g/mol. The van der Waals surface area contributed by atoms with Gasteiger partial charge in [-0.1, -0.05) is 11.6 Å². The molecule has 1 aromatic carbocycles. The van der Waals surface area contributed by atoms with Crippen LogP contribution in [0.4, 0.5) is 5.69 Å². The molecule has 96 valence electrons. The van der Waals surface area contributed by atoms with Crippen molar-refractivity contribution in [3.63, 3.8) is 0 Å². The maximum Gasteiger partial charge on any atom is 0.337 e. The number of benzene rings is 1. The number of hydrogen-bond donors (Lipinski definition) is 0. The summed E-state index contributed by atoms with van der Waals surface area (Å²) in [6.07, 6.45) is 1.43. The Bertz CT molecular complexity index is 487. The van der Waals surface area contributed by atoms with Crippen molar-refractivity contribution in [1.29, 1.82) is 0 Å². The molecule has 0 atom stereocenters. The summed E-state index contributed by atoms with van der Waals surface area (Å²) in [6.45, 7) is 1.13. The van der Waals surface area contributed by atoms with Gasteiger partial charge in [0.05, 0.1) is 29.9 Å². The van der Waals surface area contributed by atoms with Gasteiger partial charge in [-0.2, -0.15) is 0 Å². The second kappa shape index (κ2) is 5.40. The van der Waals surface area contributed by atoms with Gasteiger partial charge in [0.2, 0.25) is 0 Å². The lowest BCUT2D eigenvalue weighted by atomic mass is 10.1. The summed E-state index contributed by atoms with van der Waals surface area (Å²) in [7, 11) is 1.33. The first-order valence-corrected chi connectivity index (χ1v) is 6.14. The van der Waals surface area contributed by atoms with Gasteiger partial charge >= 0.3 is 5.97 Å². The number of ketones is 1. The Labute approximate surface area is 110 Å². The molecule has 1 saturated heterocycles. The molecule has 5 heteroatoms. The number of methoxy groups -OCH3 is 1. The number of halogens is 1. The summed E-state index contributed by atoms with van der Waals surface area (Å²) in [4.78, 5) is 24.8. The van der Waals surface area contributed by atoms with E-state index in [2.05, 4.69) is 4.74 Å². The van der Waals surface area contributed by atoms with Crippen LogP contribution < -0.4 is 4.90 Å². The Balaban J connectivity index is 2.31. The molecule has 0 unspecified atom stereocenters. The zero-order valence-corrected chi connectivity index (χ0v) is 10.9. The van der Waals surface area contributed by atoms with Gasteiger partial charge in [0.1, 0.15) is 0 Å². The molecule has 2 rings (SSSR count). The van der Waals surface area contributed by atoms with Gasteiger partial charge < -0.3 is 9.64 Å². The SMILES string of the molecule is COC(=O)c1ccc(Cl)c(N2CCCC(=O)C2)c1. The van der Waals surface area contributed by atoms with E-state index in [1.54, 1.807) is 18.2 Å². The first-order chi connectivity index (χ1) is 8.61. The molecule has 0 aromatic heterocycles. The lowest BCUT2D eigenvalue weighted by molar-refractivity contribution is -0.118. The number of rotatable bonds is 2. The zero-order chi connectivity index (χ0) is 13.1. The van der Waals surface area contributed by atoms with Crippen molar-refractivity contribution in [2.75, 3.05) is 25.1 Å². The first kappa shape index (κ1) is 12.9. The van der Waals surface area contributed by atoms with Crippen LogP contribution in [0.25, 0.3) is 0 Å². The van der Waals surface area contributed by atoms with Gasteiger partial charge in [0.25, 0.3) is 0 Å². The van der Waals surface area contributed by atoms with Crippen molar-refractivity contribution in [1.82, 2.24) is 0 Å². The van der Waals surface area contributed by atoms with Crippen molar-refractivity contribution in [2.45, 2.75) is 12.8 Å². The molecule has 0 amide bonds. The smallest absolute Gasteiger partial charge is 0.337 e. The Morgan fingerprint density at radius 1 is 1.44 bits per heavy atom. The van der Waals surface area contributed by atoms with Crippen LogP contribution in [-0.2, 0) is 9.53 Å². The van der Waals surface area contributed by atoms with Gasteiger partial charge in [-0.15, -0.1) is 0 Å². The molecule has 0 aliphatic carbocycles. The normalized spacial score (nSPS) is 15.7. The molecule has 1 aromatic rings. The minimum Gasteiger partial charge on any atom is -0.465 e. The molecule has 1 fully saturated rings. The summed E-state index contributed by atoms with van der Waals surface area (Å²) in [5, 5.41) is 0.539. The number of esters is 1. The molecule has 0 saturated carbocycles. The molecule has 1 heterocycles. The van der Waals surface area contributed by atoms with Crippen LogP contribution in [0.3, 0.4) is 0 Å². The van der Waals surface area contributed by atoms with Crippen molar-refractivity contribution in [3.8, 4) is 0 Å². The molecule has 0 spiro atoms. The van der Waals surface area contributed by atoms with E-state index in [1.165, 1.54) is 7.11 Å². The second-order valence-electron chi connectivity index (χ2n) is 4.22. The fourth-order valence-corrected chi connectivity index (χ4v) is 2.28. The minimum absolute atomic E-state index is 0.195.